The van der Waals surface area contributed by atoms with Crippen LogP contribution in [0.5, 0.6) is 5.75 Å². The van der Waals surface area contributed by atoms with E-state index in [2.05, 4.69) is 20.0 Å². The number of rotatable bonds is 5. The first kappa shape index (κ1) is 21.6. The fourth-order valence-electron chi connectivity index (χ4n) is 4.02. The van der Waals surface area contributed by atoms with Crippen molar-refractivity contribution in [3.63, 3.8) is 0 Å². The van der Waals surface area contributed by atoms with Crippen LogP contribution < -0.4 is 10.1 Å². The van der Waals surface area contributed by atoms with Gasteiger partial charge in [0.1, 0.15) is 33.9 Å². The highest BCUT2D eigenvalue weighted by Gasteiger charge is 2.52. The van der Waals surface area contributed by atoms with Gasteiger partial charge in [-0.05, 0) is 32.4 Å². The number of anilines is 1. The highest BCUT2D eigenvalue weighted by molar-refractivity contribution is 7.10. The molecule has 1 fully saturated rings. The van der Waals surface area contributed by atoms with Gasteiger partial charge in [-0.1, -0.05) is 0 Å². The number of fused-ring (bicyclic) bond motifs is 1. The second-order valence-electron chi connectivity index (χ2n) is 7.59. The van der Waals surface area contributed by atoms with Crippen molar-refractivity contribution < 1.29 is 27.8 Å². The van der Waals surface area contributed by atoms with E-state index in [9.17, 15) is 13.6 Å². The van der Waals surface area contributed by atoms with Crippen molar-refractivity contribution in [2.45, 2.75) is 51.6 Å². The number of alkyl halides is 2. The molecule has 0 unspecified atom stereocenters. The maximum absolute atomic E-state index is 12.5. The summed E-state index contributed by atoms with van der Waals surface area (Å²) in [4.78, 5) is 25.8. The van der Waals surface area contributed by atoms with Gasteiger partial charge in [0, 0.05) is 18.2 Å². The van der Waals surface area contributed by atoms with Crippen LogP contribution >= 0.6 is 11.3 Å². The lowest BCUT2D eigenvalue weighted by Crippen LogP contribution is -2.53. The van der Waals surface area contributed by atoms with E-state index in [1.54, 1.807) is 5.38 Å². The van der Waals surface area contributed by atoms with Gasteiger partial charge in [0.2, 0.25) is 0 Å². The van der Waals surface area contributed by atoms with Crippen molar-refractivity contribution in [3.05, 3.63) is 34.4 Å². The zero-order valence-electron chi connectivity index (χ0n) is 17.2. The molecule has 31 heavy (non-hydrogen) atoms. The smallest absolute Gasteiger partial charge is 0.387 e. The molecule has 0 saturated carbocycles. The normalized spacial score (nSPS) is 27.8. The zero-order chi connectivity index (χ0) is 22.2. The largest absolute Gasteiger partial charge is 0.478 e. The number of halogens is 2. The minimum absolute atomic E-state index is 0.0380. The predicted molar refractivity (Wildman–Crippen MR) is 110 cm³/mol. The van der Waals surface area contributed by atoms with Crippen LogP contribution in [0, 0.1) is 5.92 Å². The van der Waals surface area contributed by atoms with Gasteiger partial charge in [-0.3, -0.25) is 4.79 Å². The van der Waals surface area contributed by atoms with Gasteiger partial charge in [0.05, 0.1) is 18.9 Å². The molecule has 2 aliphatic heterocycles. The van der Waals surface area contributed by atoms with E-state index in [1.165, 1.54) is 23.5 Å². The lowest BCUT2D eigenvalue weighted by Gasteiger charge is -2.47. The molecule has 2 aromatic heterocycles. The van der Waals surface area contributed by atoms with Crippen LogP contribution in [0.2, 0.25) is 0 Å². The Morgan fingerprint density at radius 2 is 2.19 bits per heavy atom. The molecule has 0 aromatic carbocycles. The molecule has 0 radical (unpaired) electrons. The third-order valence-electron chi connectivity index (χ3n) is 5.38. The average Bonchev–Trinajstić information content (AvgIpc) is 3.18. The Hall–Kier alpha value is -2.66. The number of carbonyl (C=O) groups is 1. The summed E-state index contributed by atoms with van der Waals surface area (Å²) in [5.74, 6) is 0.402. The van der Waals surface area contributed by atoms with Crippen molar-refractivity contribution in [2.75, 3.05) is 11.9 Å². The molecule has 1 amide bonds. The standard InChI is InChI=1S/C20H22F2N4O4S/c1-10-6-14-11(2)29-12(3)26-20(14,9-28-10)18-25-16(8-31-18)24-17(27)15-5-4-13(7-23-15)30-19(21)22/h4-5,7-8,10-11,14,19H,6,9H2,1-3H3,(H,24,27)/t10-,11+,14-,20-/m0/s1. The number of ether oxygens (including phenoxy) is 3. The number of carbonyl (C=O) groups excluding carboxylic acids is 1. The summed E-state index contributed by atoms with van der Waals surface area (Å²) < 4.78 is 40.5. The summed E-state index contributed by atoms with van der Waals surface area (Å²) in [7, 11) is 0. The minimum atomic E-state index is -2.95. The molecule has 1 N–H and O–H groups in total. The third-order valence-corrected chi connectivity index (χ3v) is 6.39. The van der Waals surface area contributed by atoms with Gasteiger partial charge < -0.3 is 19.5 Å². The molecule has 0 spiro atoms. The van der Waals surface area contributed by atoms with Crippen LogP contribution in [-0.2, 0) is 15.0 Å². The number of amides is 1. The number of aliphatic imine (C=N–C) groups is 1. The first-order valence-corrected chi connectivity index (χ1v) is 10.7. The predicted octanol–water partition coefficient (Wildman–Crippen LogP) is 3.85. The second kappa shape index (κ2) is 8.46. The molecule has 4 rings (SSSR count). The third kappa shape index (κ3) is 4.38. The molecule has 8 nitrogen and oxygen atoms in total. The maximum Gasteiger partial charge on any atom is 0.387 e. The molecule has 4 heterocycles. The van der Waals surface area contributed by atoms with Crippen LogP contribution in [-0.4, -0.2) is 47.2 Å². The summed E-state index contributed by atoms with van der Waals surface area (Å²) in [6.45, 7) is 3.30. The monoisotopic (exact) mass is 452 g/mol. The van der Waals surface area contributed by atoms with E-state index in [-0.39, 0.29) is 29.6 Å². The van der Waals surface area contributed by atoms with Gasteiger partial charge in [-0.15, -0.1) is 11.3 Å². The topological polar surface area (TPSA) is 94.9 Å². The first-order valence-electron chi connectivity index (χ1n) is 9.80. The van der Waals surface area contributed by atoms with Crippen molar-refractivity contribution >= 4 is 29.0 Å². The van der Waals surface area contributed by atoms with E-state index >= 15 is 0 Å². The Balaban J connectivity index is 1.53. The number of nitrogens with zero attached hydrogens (tertiary/aromatic N) is 3. The van der Waals surface area contributed by atoms with Gasteiger partial charge >= 0.3 is 6.61 Å². The van der Waals surface area contributed by atoms with Crippen molar-refractivity contribution in [1.29, 1.82) is 0 Å². The number of aromatic nitrogens is 2. The highest BCUT2D eigenvalue weighted by atomic mass is 32.1. The number of pyridine rings is 1. The van der Waals surface area contributed by atoms with E-state index in [4.69, 9.17) is 14.5 Å². The Labute approximate surface area is 181 Å². The summed E-state index contributed by atoms with van der Waals surface area (Å²) in [5, 5.41) is 5.16. The molecule has 2 aromatic rings. The summed E-state index contributed by atoms with van der Waals surface area (Å²) in [6, 6.07) is 2.56. The molecular formula is C20H22F2N4O4S. The van der Waals surface area contributed by atoms with Gasteiger partial charge in [0.25, 0.3) is 5.91 Å². The van der Waals surface area contributed by atoms with Crippen LogP contribution in [0.1, 0.15) is 42.7 Å². The Morgan fingerprint density at radius 1 is 1.39 bits per heavy atom. The number of thiazole rings is 1. The highest BCUT2D eigenvalue weighted by Crippen LogP contribution is 2.47. The van der Waals surface area contributed by atoms with E-state index < -0.39 is 18.1 Å². The van der Waals surface area contributed by atoms with Crippen molar-refractivity contribution in [1.82, 2.24) is 9.97 Å². The van der Waals surface area contributed by atoms with Crippen LogP contribution in [0.3, 0.4) is 0 Å². The van der Waals surface area contributed by atoms with Gasteiger partial charge in [-0.25, -0.2) is 15.0 Å². The number of hydrogen-bond donors (Lipinski definition) is 1. The van der Waals surface area contributed by atoms with Gasteiger partial charge in [-0.2, -0.15) is 8.78 Å². The van der Waals surface area contributed by atoms with Crippen LogP contribution in [0.25, 0.3) is 0 Å². The quantitative estimate of drug-likeness (QED) is 0.741. The Kier molecular flexibility index (Phi) is 5.89. The summed E-state index contributed by atoms with van der Waals surface area (Å²) in [6.07, 6.45) is 1.92. The van der Waals surface area contributed by atoms with Crippen LogP contribution in [0.15, 0.2) is 28.7 Å². The van der Waals surface area contributed by atoms with Crippen LogP contribution in [0.4, 0.5) is 14.6 Å². The Bertz CT molecular complexity index is 984. The lowest BCUT2D eigenvalue weighted by molar-refractivity contribution is -0.0935. The van der Waals surface area contributed by atoms with E-state index in [0.29, 0.717) is 18.3 Å². The molecule has 1 saturated heterocycles. The molecule has 2 aliphatic rings. The first-order chi connectivity index (χ1) is 14.8. The molecule has 166 valence electrons. The molecule has 0 aliphatic carbocycles. The van der Waals surface area contributed by atoms with Crippen molar-refractivity contribution in [2.24, 2.45) is 10.9 Å². The lowest BCUT2D eigenvalue weighted by atomic mass is 9.75. The molecule has 4 atom stereocenters. The summed E-state index contributed by atoms with van der Waals surface area (Å²) >= 11 is 1.39. The summed E-state index contributed by atoms with van der Waals surface area (Å²) in [5.41, 5.74) is -0.607. The molecular weight excluding hydrogens is 430 g/mol. The fourth-order valence-corrected chi connectivity index (χ4v) is 4.96. The van der Waals surface area contributed by atoms with E-state index in [1.807, 2.05) is 20.8 Å². The number of nitrogens with one attached hydrogen (secondary N) is 1. The fraction of sp³-hybridized carbons (Fsp3) is 0.500. The van der Waals surface area contributed by atoms with Gasteiger partial charge in [0.15, 0.2) is 5.90 Å². The SMILES string of the molecule is CC1=N[C@@]2(c3nc(NC(=O)c4ccc(OC(F)F)cn4)cs3)CO[C@@H](C)C[C@H]2[C@@H](C)O1. The second-order valence-corrected chi connectivity index (χ2v) is 8.45. The molecule has 11 heteroatoms. The Morgan fingerprint density at radius 3 is 2.90 bits per heavy atom. The average molecular weight is 452 g/mol. The number of hydrogen-bond acceptors (Lipinski definition) is 8. The maximum atomic E-state index is 12.5. The van der Waals surface area contributed by atoms with E-state index in [0.717, 1.165) is 17.6 Å². The van der Waals surface area contributed by atoms with Crippen molar-refractivity contribution in [3.8, 4) is 5.75 Å². The minimum Gasteiger partial charge on any atom is -0.478 e. The molecule has 0 bridgehead atoms. The zero-order valence-corrected chi connectivity index (χ0v) is 18.0.